The van der Waals surface area contributed by atoms with Gasteiger partial charge >= 0.3 is 0 Å². The number of aryl methyl sites for hydroxylation is 1. The Morgan fingerprint density at radius 3 is 2.59 bits per heavy atom. The van der Waals surface area contributed by atoms with Crippen molar-refractivity contribution in [2.45, 2.75) is 32.2 Å². The molecule has 0 aliphatic heterocycles. The summed E-state index contributed by atoms with van der Waals surface area (Å²) in [5.74, 6) is 2.46. The fraction of sp³-hybridized carbons (Fsp3) is 0.600. The molecule has 0 radical (unpaired) electrons. The molecule has 3 atom stereocenters. The van der Waals surface area contributed by atoms with Crippen LogP contribution in [0.4, 0.5) is 4.39 Å². The third-order valence-corrected chi connectivity index (χ3v) is 4.55. The number of benzene rings is 1. The topological polar surface area (TPSA) is 12.0 Å². The molecule has 3 rings (SSSR count). The molecule has 2 heteroatoms. The van der Waals surface area contributed by atoms with Gasteiger partial charge in [0.15, 0.2) is 0 Å². The number of nitrogens with one attached hydrogen (secondary N) is 1. The second-order valence-electron chi connectivity index (χ2n) is 5.78. The number of fused-ring (bicyclic) bond motifs is 1. The largest absolute Gasteiger partial charge is 0.313 e. The van der Waals surface area contributed by atoms with E-state index in [9.17, 15) is 4.39 Å². The third kappa shape index (κ3) is 1.99. The summed E-state index contributed by atoms with van der Waals surface area (Å²) in [4.78, 5) is 0. The van der Waals surface area contributed by atoms with Gasteiger partial charge in [-0.15, -0.1) is 0 Å². The summed E-state index contributed by atoms with van der Waals surface area (Å²) in [5.41, 5.74) is 2.00. The summed E-state index contributed by atoms with van der Waals surface area (Å²) in [6.45, 7) is 2.03. The third-order valence-electron chi connectivity index (χ3n) is 4.55. The van der Waals surface area contributed by atoms with Crippen LogP contribution in [0.3, 0.4) is 0 Å². The van der Waals surface area contributed by atoms with Crippen LogP contribution in [0, 0.1) is 30.5 Å². The lowest BCUT2D eigenvalue weighted by Crippen LogP contribution is -2.25. The Kier molecular flexibility index (Phi) is 2.70. The summed E-state index contributed by atoms with van der Waals surface area (Å²) in [7, 11) is 1.95. The van der Waals surface area contributed by atoms with E-state index in [1.807, 2.05) is 26.1 Å². The highest BCUT2D eigenvalue weighted by molar-refractivity contribution is 5.28. The van der Waals surface area contributed by atoms with Crippen molar-refractivity contribution in [3.63, 3.8) is 0 Å². The summed E-state index contributed by atoms with van der Waals surface area (Å²) >= 11 is 0. The van der Waals surface area contributed by atoms with Gasteiger partial charge in [-0.25, -0.2) is 4.39 Å². The Balaban J connectivity index is 1.86. The van der Waals surface area contributed by atoms with E-state index in [2.05, 4.69) is 5.32 Å². The Hall–Kier alpha value is -0.890. The van der Waals surface area contributed by atoms with Crippen molar-refractivity contribution in [1.29, 1.82) is 0 Å². The second kappa shape index (κ2) is 4.09. The molecule has 0 heterocycles. The number of hydrogen-bond donors (Lipinski definition) is 1. The van der Waals surface area contributed by atoms with Crippen LogP contribution >= 0.6 is 0 Å². The second-order valence-corrected chi connectivity index (χ2v) is 5.78. The van der Waals surface area contributed by atoms with Crippen molar-refractivity contribution in [2.75, 3.05) is 7.05 Å². The SMILES string of the molecule is CNC(c1cc(C)ccc1F)C1CC2CC2C1. The van der Waals surface area contributed by atoms with Gasteiger partial charge in [0.05, 0.1) is 0 Å². The van der Waals surface area contributed by atoms with Crippen LogP contribution < -0.4 is 5.32 Å². The molecule has 3 unspecified atom stereocenters. The quantitative estimate of drug-likeness (QED) is 0.843. The van der Waals surface area contributed by atoms with Crippen LogP contribution in [0.25, 0.3) is 0 Å². The summed E-state index contributed by atoms with van der Waals surface area (Å²) < 4.78 is 13.9. The standard InChI is InChI=1S/C15H20FN/c1-9-3-4-14(16)13(5-9)15(17-2)12-7-10-6-11(10)8-12/h3-5,10-12,15,17H,6-8H2,1-2H3. The highest BCUT2D eigenvalue weighted by atomic mass is 19.1. The maximum absolute atomic E-state index is 13.9. The minimum Gasteiger partial charge on any atom is -0.313 e. The number of rotatable bonds is 3. The van der Waals surface area contributed by atoms with Gasteiger partial charge in [0.2, 0.25) is 0 Å². The van der Waals surface area contributed by atoms with Crippen molar-refractivity contribution < 1.29 is 4.39 Å². The first kappa shape index (κ1) is 11.2. The fourth-order valence-corrected chi connectivity index (χ4v) is 3.58. The molecular formula is C15H20FN. The average molecular weight is 233 g/mol. The van der Waals surface area contributed by atoms with Gasteiger partial charge in [0.1, 0.15) is 5.82 Å². The van der Waals surface area contributed by atoms with Crippen molar-refractivity contribution in [3.05, 3.63) is 35.1 Å². The highest BCUT2D eigenvalue weighted by Crippen LogP contribution is 2.57. The fourth-order valence-electron chi connectivity index (χ4n) is 3.58. The van der Waals surface area contributed by atoms with Crippen molar-refractivity contribution in [2.24, 2.45) is 17.8 Å². The maximum atomic E-state index is 13.9. The van der Waals surface area contributed by atoms with Gasteiger partial charge < -0.3 is 5.32 Å². The molecule has 1 N–H and O–H groups in total. The molecule has 2 aliphatic rings. The van der Waals surface area contributed by atoms with Gasteiger partial charge in [-0.2, -0.15) is 0 Å². The van der Waals surface area contributed by atoms with Gasteiger partial charge in [0.25, 0.3) is 0 Å². The zero-order chi connectivity index (χ0) is 12.0. The van der Waals surface area contributed by atoms with E-state index in [-0.39, 0.29) is 11.9 Å². The molecule has 2 saturated carbocycles. The summed E-state index contributed by atoms with van der Waals surface area (Å²) in [6, 6.07) is 5.64. The van der Waals surface area contributed by atoms with E-state index < -0.39 is 0 Å². The lowest BCUT2D eigenvalue weighted by molar-refractivity contribution is 0.350. The van der Waals surface area contributed by atoms with Crippen LogP contribution in [-0.2, 0) is 0 Å². The van der Waals surface area contributed by atoms with E-state index in [0.717, 1.165) is 23.0 Å². The lowest BCUT2D eigenvalue weighted by Gasteiger charge is -2.25. The maximum Gasteiger partial charge on any atom is 0.128 e. The minimum atomic E-state index is -0.0597. The van der Waals surface area contributed by atoms with E-state index in [4.69, 9.17) is 0 Å². The Labute approximate surface area is 102 Å². The van der Waals surface area contributed by atoms with Gasteiger partial charge in [0, 0.05) is 11.6 Å². The van der Waals surface area contributed by atoms with Crippen LogP contribution in [-0.4, -0.2) is 7.05 Å². The summed E-state index contributed by atoms with van der Waals surface area (Å²) in [5, 5.41) is 3.33. The molecule has 1 nitrogen and oxygen atoms in total. The zero-order valence-corrected chi connectivity index (χ0v) is 10.5. The summed E-state index contributed by atoms with van der Waals surface area (Å²) in [6.07, 6.45) is 3.98. The Morgan fingerprint density at radius 1 is 1.24 bits per heavy atom. The minimum absolute atomic E-state index is 0.0597. The molecule has 2 fully saturated rings. The first-order valence-electron chi connectivity index (χ1n) is 6.62. The lowest BCUT2D eigenvalue weighted by atomic mass is 9.88. The average Bonchev–Trinajstić information content (AvgIpc) is 2.92. The molecule has 0 bridgehead atoms. The predicted octanol–water partition coefficient (Wildman–Crippen LogP) is 3.44. The van der Waals surface area contributed by atoms with Crippen LogP contribution in [0.15, 0.2) is 18.2 Å². The van der Waals surface area contributed by atoms with E-state index in [0.29, 0.717) is 5.92 Å². The van der Waals surface area contributed by atoms with Crippen molar-refractivity contribution >= 4 is 0 Å². The van der Waals surface area contributed by atoms with Crippen LogP contribution in [0.5, 0.6) is 0 Å². The van der Waals surface area contributed by atoms with Crippen molar-refractivity contribution in [3.8, 4) is 0 Å². The van der Waals surface area contributed by atoms with E-state index in [1.165, 1.54) is 19.3 Å². The predicted molar refractivity (Wildman–Crippen MR) is 67.3 cm³/mol. The first-order valence-corrected chi connectivity index (χ1v) is 6.62. The molecule has 92 valence electrons. The van der Waals surface area contributed by atoms with E-state index >= 15 is 0 Å². The van der Waals surface area contributed by atoms with Gasteiger partial charge in [-0.1, -0.05) is 17.7 Å². The number of halogens is 1. The Morgan fingerprint density at radius 2 is 1.94 bits per heavy atom. The van der Waals surface area contributed by atoms with Crippen molar-refractivity contribution in [1.82, 2.24) is 5.32 Å². The smallest absolute Gasteiger partial charge is 0.128 e. The monoisotopic (exact) mass is 233 g/mol. The Bertz CT molecular complexity index is 419. The highest BCUT2D eigenvalue weighted by Gasteiger charge is 2.48. The molecule has 1 aromatic rings. The zero-order valence-electron chi connectivity index (χ0n) is 10.5. The first-order chi connectivity index (χ1) is 8.19. The molecule has 17 heavy (non-hydrogen) atoms. The normalized spacial score (nSPS) is 32.3. The van der Waals surface area contributed by atoms with Gasteiger partial charge in [-0.05, 0) is 57.1 Å². The molecule has 0 amide bonds. The number of hydrogen-bond acceptors (Lipinski definition) is 1. The molecule has 2 aliphatic carbocycles. The molecular weight excluding hydrogens is 213 g/mol. The van der Waals surface area contributed by atoms with Crippen LogP contribution in [0.2, 0.25) is 0 Å². The molecule has 1 aromatic carbocycles. The van der Waals surface area contributed by atoms with E-state index in [1.54, 1.807) is 6.07 Å². The van der Waals surface area contributed by atoms with Crippen LogP contribution in [0.1, 0.15) is 36.4 Å². The molecule has 0 spiro atoms. The van der Waals surface area contributed by atoms with Gasteiger partial charge in [-0.3, -0.25) is 0 Å². The molecule has 0 saturated heterocycles. The molecule has 0 aromatic heterocycles.